The van der Waals surface area contributed by atoms with E-state index in [1.54, 1.807) is 22.5 Å². The van der Waals surface area contributed by atoms with Crippen molar-refractivity contribution < 1.29 is 9.21 Å². The molecule has 126 valence electrons. The number of carbonyl (C=O) groups excluding carboxylic acids is 1. The van der Waals surface area contributed by atoms with Gasteiger partial charge in [0.2, 0.25) is 11.0 Å². The van der Waals surface area contributed by atoms with Crippen molar-refractivity contribution in [3.63, 3.8) is 0 Å². The molecule has 0 aliphatic heterocycles. The number of thioether (sulfide) groups is 1. The number of furan rings is 1. The highest BCUT2D eigenvalue weighted by atomic mass is 32.2. The predicted octanol–water partition coefficient (Wildman–Crippen LogP) is 3.56. The van der Waals surface area contributed by atoms with E-state index in [1.165, 1.54) is 23.1 Å². The zero-order valence-electron chi connectivity index (χ0n) is 13.0. The predicted molar refractivity (Wildman–Crippen MR) is 97.5 cm³/mol. The van der Waals surface area contributed by atoms with Crippen LogP contribution in [-0.2, 0) is 17.9 Å². The molecule has 3 aromatic rings. The molecular weight excluding hydrogens is 364 g/mol. The summed E-state index contributed by atoms with van der Waals surface area (Å²) in [5, 5.41) is 16.1. The minimum Gasteiger partial charge on any atom is -0.467 e. The summed E-state index contributed by atoms with van der Waals surface area (Å²) in [6.45, 7) is 1.20. The number of rotatable bonds is 8. The van der Waals surface area contributed by atoms with Crippen LogP contribution in [0.5, 0.6) is 0 Å². The molecule has 0 unspecified atom stereocenters. The molecule has 0 aliphatic carbocycles. The first kappa shape index (κ1) is 17.0. The normalized spacial score (nSPS) is 10.7. The van der Waals surface area contributed by atoms with Gasteiger partial charge in [-0.05, 0) is 34.5 Å². The van der Waals surface area contributed by atoms with Gasteiger partial charge in [-0.1, -0.05) is 23.1 Å². The second-order valence-corrected chi connectivity index (χ2v) is 7.96. The third kappa shape index (κ3) is 4.83. The van der Waals surface area contributed by atoms with Crippen LogP contribution in [-0.4, -0.2) is 33.8 Å². The molecular formula is C15H16N4O2S3. The standard InChI is InChI=1S/C15H16N4O2S3/c1-19(8-11-4-6-22-9-11)13(20)10-23-15-18-17-14(24-15)16-7-12-3-2-5-21-12/h2-6,9H,7-8,10H2,1H3,(H,16,17). The molecule has 0 bridgehead atoms. The molecule has 0 radical (unpaired) electrons. The zero-order chi connectivity index (χ0) is 16.8. The number of nitrogens with zero attached hydrogens (tertiary/aromatic N) is 3. The Kier molecular flexibility index (Phi) is 5.89. The minimum atomic E-state index is 0.0755. The third-order valence-electron chi connectivity index (χ3n) is 3.15. The number of nitrogens with one attached hydrogen (secondary N) is 1. The molecule has 0 atom stereocenters. The molecule has 0 aliphatic rings. The van der Waals surface area contributed by atoms with Crippen LogP contribution in [0.4, 0.5) is 5.13 Å². The Hall–Kier alpha value is -1.84. The van der Waals surface area contributed by atoms with Crippen molar-refractivity contribution in [2.75, 3.05) is 18.1 Å². The lowest BCUT2D eigenvalue weighted by atomic mass is 10.3. The van der Waals surface area contributed by atoms with Gasteiger partial charge in [-0.15, -0.1) is 10.2 Å². The van der Waals surface area contributed by atoms with Gasteiger partial charge in [0.25, 0.3) is 0 Å². The van der Waals surface area contributed by atoms with Crippen LogP contribution in [0, 0.1) is 0 Å². The fourth-order valence-electron chi connectivity index (χ4n) is 1.89. The van der Waals surface area contributed by atoms with Crippen LogP contribution in [0.15, 0.2) is 44.0 Å². The van der Waals surface area contributed by atoms with E-state index in [4.69, 9.17) is 4.42 Å². The van der Waals surface area contributed by atoms with E-state index < -0.39 is 0 Å². The average Bonchev–Trinajstić information content (AvgIpc) is 3.32. The second kappa shape index (κ2) is 8.32. The monoisotopic (exact) mass is 380 g/mol. The molecule has 0 spiro atoms. The van der Waals surface area contributed by atoms with Crippen molar-refractivity contribution in [3.8, 4) is 0 Å². The van der Waals surface area contributed by atoms with E-state index in [9.17, 15) is 4.79 Å². The highest BCUT2D eigenvalue weighted by Crippen LogP contribution is 2.26. The molecule has 0 aromatic carbocycles. The summed E-state index contributed by atoms with van der Waals surface area (Å²) in [7, 11) is 1.82. The van der Waals surface area contributed by atoms with Crippen LogP contribution in [0.2, 0.25) is 0 Å². The maximum Gasteiger partial charge on any atom is 0.233 e. The summed E-state index contributed by atoms with van der Waals surface area (Å²) in [6, 6.07) is 5.77. The maximum atomic E-state index is 12.2. The quantitative estimate of drug-likeness (QED) is 0.603. The van der Waals surface area contributed by atoms with Gasteiger partial charge < -0.3 is 14.6 Å². The van der Waals surface area contributed by atoms with Crippen molar-refractivity contribution in [1.29, 1.82) is 0 Å². The van der Waals surface area contributed by atoms with Gasteiger partial charge in [0.1, 0.15) is 5.76 Å². The number of carbonyl (C=O) groups is 1. The second-order valence-electron chi connectivity index (χ2n) is 4.98. The Morgan fingerprint density at radius 1 is 1.42 bits per heavy atom. The van der Waals surface area contributed by atoms with Crippen LogP contribution in [0.3, 0.4) is 0 Å². The van der Waals surface area contributed by atoms with E-state index >= 15 is 0 Å². The first-order valence-electron chi connectivity index (χ1n) is 7.18. The van der Waals surface area contributed by atoms with Gasteiger partial charge in [0, 0.05) is 13.6 Å². The topological polar surface area (TPSA) is 71.3 Å². The average molecular weight is 381 g/mol. The number of anilines is 1. The molecule has 24 heavy (non-hydrogen) atoms. The molecule has 0 saturated carbocycles. The summed E-state index contributed by atoms with van der Waals surface area (Å²) >= 11 is 4.48. The Labute approximate surface area is 151 Å². The lowest BCUT2D eigenvalue weighted by Crippen LogP contribution is -2.27. The van der Waals surface area contributed by atoms with Crippen molar-refractivity contribution in [1.82, 2.24) is 15.1 Å². The highest BCUT2D eigenvalue weighted by molar-refractivity contribution is 8.01. The van der Waals surface area contributed by atoms with E-state index in [0.29, 0.717) is 24.0 Å². The van der Waals surface area contributed by atoms with Crippen molar-refractivity contribution in [3.05, 3.63) is 46.5 Å². The smallest absolute Gasteiger partial charge is 0.233 e. The summed E-state index contributed by atoms with van der Waals surface area (Å²) in [4.78, 5) is 13.9. The largest absolute Gasteiger partial charge is 0.467 e. The minimum absolute atomic E-state index is 0.0755. The van der Waals surface area contributed by atoms with E-state index in [1.807, 2.05) is 30.6 Å². The summed E-state index contributed by atoms with van der Waals surface area (Å²) in [6.07, 6.45) is 1.64. The fraction of sp³-hybridized carbons (Fsp3) is 0.267. The van der Waals surface area contributed by atoms with Crippen LogP contribution < -0.4 is 5.32 Å². The Bertz CT molecular complexity index is 756. The fourth-order valence-corrected chi connectivity index (χ4v) is 4.24. The molecule has 3 rings (SSSR count). The molecule has 9 heteroatoms. The molecule has 0 saturated heterocycles. The highest BCUT2D eigenvalue weighted by Gasteiger charge is 2.12. The lowest BCUT2D eigenvalue weighted by Gasteiger charge is -2.15. The first-order chi connectivity index (χ1) is 11.7. The lowest BCUT2D eigenvalue weighted by molar-refractivity contribution is -0.127. The van der Waals surface area contributed by atoms with E-state index in [2.05, 4.69) is 20.9 Å². The number of amides is 1. The zero-order valence-corrected chi connectivity index (χ0v) is 15.4. The SMILES string of the molecule is CN(Cc1ccsc1)C(=O)CSc1nnc(NCc2ccco2)s1. The van der Waals surface area contributed by atoms with Crippen molar-refractivity contribution in [2.24, 2.45) is 0 Å². The summed E-state index contributed by atoms with van der Waals surface area (Å²) in [5.41, 5.74) is 1.15. The molecule has 3 aromatic heterocycles. The Morgan fingerprint density at radius 2 is 2.33 bits per heavy atom. The molecule has 1 amide bonds. The summed E-state index contributed by atoms with van der Waals surface area (Å²) in [5.74, 6) is 1.27. The number of hydrogen-bond donors (Lipinski definition) is 1. The maximum absolute atomic E-state index is 12.2. The van der Waals surface area contributed by atoms with Gasteiger partial charge in [-0.2, -0.15) is 11.3 Å². The summed E-state index contributed by atoms with van der Waals surface area (Å²) < 4.78 is 6.02. The van der Waals surface area contributed by atoms with Gasteiger partial charge in [0.15, 0.2) is 4.34 Å². The van der Waals surface area contributed by atoms with Gasteiger partial charge in [-0.25, -0.2) is 0 Å². The third-order valence-corrected chi connectivity index (χ3v) is 5.88. The van der Waals surface area contributed by atoms with Gasteiger partial charge in [0.05, 0.1) is 18.6 Å². The van der Waals surface area contributed by atoms with Crippen molar-refractivity contribution >= 4 is 45.5 Å². The number of hydrogen-bond acceptors (Lipinski definition) is 8. The molecule has 6 nitrogen and oxygen atoms in total. The number of thiophene rings is 1. The molecule has 3 heterocycles. The van der Waals surface area contributed by atoms with Gasteiger partial charge >= 0.3 is 0 Å². The van der Waals surface area contributed by atoms with E-state index in [-0.39, 0.29) is 5.91 Å². The van der Waals surface area contributed by atoms with E-state index in [0.717, 1.165) is 15.7 Å². The van der Waals surface area contributed by atoms with Crippen molar-refractivity contribution in [2.45, 2.75) is 17.4 Å². The van der Waals surface area contributed by atoms with Crippen LogP contribution in [0.1, 0.15) is 11.3 Å². The van der Waals surface area contributed by atoms with Crippen LogP contribution >= 0.6 is 34.4 Å². The first-order valence-corrected chi connectivity index (χ1v) is 9.93. The Balaban J connectivity index is 1.43. The van der Waals surface area contributed by atoms with Gasteiger partial charge in [-0.3, -0.25) is 4.79 Å². The molecule has 0 fully saturated rings. The van der Waals surface area contributed by atoms with Crippen LogP contribution in [0.25, 0.3) is 0 Å². The molecule has 1 N–H and O–H groups in total. The Morgan fingerprint density at radius 3 is 3.08 bits per heavy atom. The number of aromatic nitrogens is 2.